The molecule has 2 aromatic rings. The van der Waals surface area contributed by atoms with E-state index >= 15 is 0 Å². The number of carbonyl (C=O) groups is 3. The zero-order valence-corrected chi connectivity index (χ0v) is 27.1. The second-order valence-corrected chi connectivity index (χ2v) is 13.3. The number of thioether (sulfide) groups is 2. The number of alkyl carbamates (subject to hydrolysis) is 1. The molecule has 15 heteroatoms. The molecule has 3 amide bonds. The molecule has 0 radical (unpaired) electrons. The number of halogens is 5. The van der Waals surface area contributed by atoms with Gasteiger partial charge in [0.15, 0.2) is 23.3 Å². The fraction of sp³-hybridized carbons (Fsp3) is 0.483. The van der Waals surface area contributed by atoms with Gasteiger partial charge in [-0.25, -0.2) is 22.4 Å². The second-order valence-electron chi connectivity index (χ2n) is 11.0. The molecule has 2 fully saturated rings. The highest BCUT2D eigenvalue weighted by molar-refractivity contribution is 7.99. The van der Waals surface area contributed by atoms with Crippen LogP contribution in [0.1, 0.15) is 31.9 Å². The summed E-state index contributed by atoms with van der Waals surface area (Å²) in [6.07, 6.45) is -0.652. The van der Waals surface area contributed by atoms with Crippen molar-refractivity contribution in [2.45, 2.75) is 51.5 Å². The van der Waals surface area contributed by atoms with Gasteiger partial charge in [0.05, 0.1) is 6.04 Å². The van der Waals surface area contributed by atoms with E-state index in [1.807, 2.05) is 0 Å². The van der Waals surface area contributed by atoms with Crippen molar-refractivity contribution in [3.05, 3.63) is 70.8 Å². The molecule has 2 heterocycles. The van der Waals surface area contributed by atoms with Crippen LogP contribution in [0.5, 0.6) is 0 Å². The van der Waals surface area contributed by atoms with Crippen molar-refractivity contribution in [1.82, 2.24) is 15.1 Å². The summed E-state index contributed by atoms with van der Waals surface area (Å²) in [6.45, 7) is 6.70. The van der Waals surface area contributed by atoms with Gasteiger partial charge < -0.3 is 25.6 Å². The molecule has 8 nitrogen and oxygen atoms in total. The van der Waals surface area contributed by atoms with Crippen LogP contribution < -0.4 is 11.1 Å². The lowest BCUT2D eigenvalue weighted by Crippen LogP contribution is -2.49. The third-order valence-electron chi connectivity index (χ3n) is 6.24. The molecule has 3 N–H and O–H groups in total. The van der Waals surface area contributed by atoms with E-state index in [0.717, 1.165) is 30.0 Å². The van der Waals surface area contributed by atoms with E-state index in [0.29, 0.717) is 41.5 Å². The third-order valence-corrected chi connectivity index (χ3v) is 8.34. The first-order valence-corrected chi connectivity index (χ1v) is 15.9. The molecule has 2 aromatic carbocycles. The van der Waals surface area contributed by atoms with Gasteiger partial charge in [0.2, 0.25) is 11.8 Å². The fourth-order valence-electron chi connectivity index (χ4n) is 4.16. The van der Waals surface area contributed by atoms with Gasteiger partial charge >= 0.3 is 6.09 Å². The van der Waals surface area contributed by atoms with Crippen molar-refractivity contribution < 1.29 is 36.7 Å². The molecule has 2 aliphatic heterocycles. The molecule has 0 aliphatic carbocycles. The average Bonchev–Trinajstić information content (AvgIpc) is 3.19. The van der Waals surface area contributed by atoms with E-state index in [1.54, 1.807) is 49.2 Å². The predicted molar refractivity (Wildman–Crippen MR) is 167 cm³/mol. The minimum atomic E-state index is -0.947. The van der Waals surface area contributed by atoms with Gasteiger partial charge in [0.1, 0.15) is 11.6 Å². The van der Waals surface area contributed by atoms with Crippen LogP contribution in [0.25, 0.3) is 0 Å². The van der Waals surface area contributed by atoms with Crippen LogP contribution in [-0.2, 0) is 27.4 Å². The molecule has 44 heavy (non-hydrogen) atoms. The van der Waals surface area contributed by atoms with E-state index in [4.69, 9.17) is 10.5 Å². The molecule has 2 atom stereocenters. The Morgan fingerprint density at radius 2 is 1.34 bits per heavy atom. The van der Waals surface area contributed by atoms with Crippen LogP contribution in [0.15, 0.2) is 36.4 Å². The van der Waals surface area contributed by atoms with Crippen LogP contribution in [0.2, 0.25) is 0 Å². The standard InChI is InChI=1S/C17H22F2N2O3S.C12H14F2N2OS.ClH/c1-17(2,3)24-16(23)20-14-10-25-7-6-21(15(14)22)9-11-4-5-12(18)13(19)8-11;13-9-2-1-8(5-10(9)14)6-16-3-4-18-7-11(15)12(16)17;/h4-5,8,14H,6-7,9-10H2,1-3H3,(H,20,23);1-2,5,11H,3-4,6-7,15H2;1H. The quantitative estimate of drug-likeness (QED) is 0.441. The zero-order valence-electron chi connectivity index (χ0n) is 24.6. The van der Waals surface area contributed by atoms with Crippen LogP contribution in [0.4, 0.5) is 22.4 Å². The Morgan fingerprint density at radius 3 is 1.82 bits per heavy atom. The van der Waals surface area contributed by atoms with E-state index in [2.05, 4.69) is 5.32 Å². The smallest absolute Gasteiger partial charge is 0.408 e. The number of hydrogen-bond acceptors (Lipinski definition) is 7. The van der Waals surface area contributed by atoms with Crippen molar-refractivity contribution in [3.63, 3.8) is 0 Å². The summed E-state index contributed by atoms with van der Waals surface area (Å²) in [5.41, 5.74) is 6.14. The maximum absolute atomic E-state index is 13.4. The molecule has 0 saturated carbocycles. The van der Waals surface area contributed by atoms with Gasteiger partial charge in [-0.2, -0.15) is 23.5 Å². The number of carbonyl (C=O) groups excluding carboxylic acids is 3. The number of benzene rings is 2. The average molecular weight is 681 g/mol. The van der Waals surface area contributed by atoms with Crippen LogP contribution >= 0.6 is 35.9 Å². The van der Waals surface area contributed by atoms with E-state index in [9.17, 15) is 31.9 Å². The highest BCUT2D eigenvalue weighted by Gasteiger charge is 2.30. The summed E-state index contributed by atoms with van der Waals surface area (Å²) in [5.74, 6) is -1.50. The summed E-state index contributed by atoms with van der Waals surface area (Å²) in [7, 11) is 0. The van der Waals surface area contributed by atoms with Crippen molar-refractivity contribution in [3.8, 4) is 0 Å². The maximum Gasteiger partial charge on any atom is 0.408 e. The number of amides is 3. The molecule has 0 spiro atoms. The number of hydrogen-bond donors (Lipinski definition) is 2. The molecule has 2 aliphatic rings. The summed E-state index contributed by atoms with van der Waals surface area (Å²) >= 11 is 3.17. The third kappa shape index (κ3) is 11.7. The number of nitrogens with one attached hydrogen (secondary N) is 1. The van der Waals surface area contributed by atoms with Gasteiger partial charge in [0, 0.05) is 49.2 Å². The SMILES string of the molecule is CC(C)(C)OC(=O)NC1CSCCN(Cc2ccc(F)c(F)c2)C1=O.Cl.NC1CSCCN(Cc2ccc(F)c(F)c2)C1=O. The summed E-state index contributed by atoms with van der Waals surface area (Å²) in [4.78, 5) is 39.7. The molecule has 0 bridgehead atoms. The Morgan fingerprint density at radius 1 is 0.864 bits per heavy atom. The van der Waals surface area contributed by atoms with Crippen LogP contribution in [0, 0.1) is 23.3 Å². The minimum Gasteiger partial charge on any atom is -0.444 e. The Hall–Kier alpha value is -2.68. The largest absolute Gasteiger partial charge is 0.444 e. The van der Waals surface area contributed by atoms with Crippen molar-refractivity contribution in [1.29, 1.82) is 0 Å². The predicted octanol–water partition coefficient (Wildman–Crippen LogP) is 4.72. The second kappa shape index (κ2) is 17.1. The Kier molecular flexibility index (Phi) is 14.6. The van der Waals surface area contributed by atoms with Crippen molar-refractivity contribution in [2.75, 3.05) is 36.1 Å². The monoisotopic (exact) mass is 680 g/mol. The minimum absolute atomic E-state index is 0. The molecule has 0 aromatic heterocycles. The molecule has 4 rings (SSSR count). The Labute approximate surface area is 269 Å². The van der Waals surface area contributed by atoms with Gasteiger partial charge in [-0.1, -0.05) is 12.1 Å². The van der Waals surface area contributed by atoms with Gasteiger partial charge in [-0.15, -0.1) is 12.4 Å². The molecule has 2 unspecified atom stereocenters. The first-order chi connectivity index (χ1) is 20.2. The molecular weight excluding hydrogens is 644 g/mol. The molecule has 244 valence electrons. The van der Waals surface area contributed by atoms with Crippen LogP contribution in [-0.4, -0.2) is 81.5 Å². The van der Waals surface area contributed by atoms with Crippen molar-refractivity contribution >= 4 is 53.8 Å². The summed E-state index contributed by atoms with van der Waals surface area (Å²) < 4.78 is 57.5. The summed E-state index contributed by atoms with van der Waals surface area (Å²) in [6, 6.07) is 6.01. The lowest BCUT2D eigenvalue weighted by Gasteiger charge is -2.26. The van der Waals surface area contributed by atoms with E-state index in [1.165, 1.54) is 17.0 Å². The summed E-state index contributed by atoms with van der Waals surface area (Å²) in [5, 5.41) is 2.59. The van der Waals surface area contributed by atoms with E-state index < -0.39 is 47.0 Å². The molecule has 2 saturated heterocycles. The number of rotatable bonds is 5. The first-order valence-electron chi connectivity index (χ1n) is 13.6. The van der Waals surface area contributed by atoms with Crippen molar-refractivity contribution in [2.24, 2.45) is 5.73 Å². The fourth-order valence-corrected chi connectivity index (χ4v) is 6.05. The lowest BCUT2D eigenvalue weighted by atomic mass is 10.2. The van der Waals surface area contributed by atoms with Gasteiger partial charge in [-0.3, -0.25) is 9.59 Å². The Bertz CT molecular complexity index is 1300. The first kappa shape index (κ1) is 37.5. The maximum atomic E-state index is 13.4. The topological polar surface area (TPSA) is 105 Å². The Balaban J connectivity index is 0.000000315. The van der Waals surface area contributed by atoms with Gasteiger partial charge in [0.25, 0.3) is 0 Å². The van der Waals surface area contributed by atoms with Gasteiger partial charge in [-0.05, 0) is 56.2 Å². The van der Waals surface area contributed by atoms with Crippen LogP contribution in [0.3, 0.4) is 0 Å². The zero-order chi connectivity index (χ0) is 31.7. The number of ether oxygens (including phenoxy) is 1. The highest BCUT2D eigenvalue weighted by Crippen LogP contribution is 2.18. The normalized spacial score (nSPS) is 19.2. The lowest BCUT2D eigenvalue weighted by molar-refractivity contribution is -0.133. The number of nitrogens with two attached hydrogens (primary N) is 1. The molecular formula is C29H37ClF4N4O4S2. The highest BCUT2D eigenvalue weighted by atomic mass is 35.5. The van der Waals surface area contributed by atoms with E-state index in [-0.39, 0.29) is 37.3 Å². The number of nitrogens with zero attached hydrogens (tertiary/aromatic N) is 2.